The molecule has 0 amide bonds. The average Bonchev–Trinajstić information content (AvgIpc) is 2.41. The third-order valence-electron chi connectivity index (χ3n) is 2.19. The molecule has 80 valence electrons. The van der Waals surface area contributed by atoms with Gasteiger partial charge >= 0.3 is 0 Å². The van der Waals surface area contributed by atoms with Gasteiger partial charge in [0.05, 0.1) is 11.0 Å². The molecule has 3 nitrogen and oxygen atoms in total. The molecule has 3 rings (SSSR count). The van der Waals surface area contributed by atoms with Crippen molar-refractivity contribution in [1.82, 2.24) is 15.0 Å². The van der Waals surface area contributed by atoms with Gasteiger partial charge in [-0.2, -0.15) is 0 Å². The van der Waals surface area contributed by atoms with Crippen molar-refractivity contribution in [2.75, 3.05) is 0 Å². The maximum Gasteiger partial charge on any atom is 0.115 e. The second-order valence-corrected chi connectivity index (χ2v) is 3.07. The predicted molar refractivity (Wildman–Crippen MR) is 66.2 cm³/mol. The van der Waals surface area contributed by atoms with E-state index in [4.69, 9.17) is 0 Å². The van der Waals surface area contributed by atoms with Crippen molar-refractivity contribution in [3.05, 3.63) is 42.9 Å². The number of fused-ring (bicyclic) bond motifs is 3. The van der Waals surface area contributed by atoms with Crippen LogP contribution in [0.1, 0.15) is 13.8 Å². The Bertz CT molecular complexity index is 550. The highest BCUT2D eigenvalue weighted by molar-refractivity contribution is 5.99. The Labute approximate surface area is 94.2 Å². The molecule has 0 fully saturated rings. The highest BCUT2D eigenvalue weighted by Gasteiger charge is 2.01. The summed E-state index contributed by atoms with van der Waals surface area (Å²) in [7, 11) is 0. The molecule has 0 N–H and O–H groups in total. The van der Waals surface area contributed by atoms with Crippen LogP contribution in [0.5, 0.6) is 0 Å². The zero-order valence-corrected chi connectivity index (χ0v) is 9.38. The summed E-state index contributed by atoms with van der Waals surface area (Å²) in [5.74, 6) is 0. The van der Waals surface area contributed by atoms with Gasteiger partial charge in [0.1, 0.15) is 5.52 Å². The van der Waals surface area contributed by atoms with Crippen molar-refractivity contribution in [2.24, 2.45) is 0 Å². The van der Waals surface area contributed by atoms with Gasteiger partial charge in [-0.05, 0) is 24.3 Å². The smallest absolute Gasteiger partial charge is 0.115 e. The highest BCUT2D eigenvalue weighted by atomic mass is 14.8. The average molecular weight is 211 g/mol. The minimum atomic E-state index is 0.866. The first kappa shape index (κ1) is 10.5. The van der Waals surface area contributed by atoms with Gasteiger partial charge < -0.3 is 0 Å². The van der Waals surface area contributed by atoms with Gasteiger partial charge in [-0.1, -0.05) is 13.8 Å². The molecule has 0 atom stereocenters. The van der Waals surface area contributed by atoms with Crippen LogP contribution in [0.4, 0.5) is 0 Å². The predicted octanol–water partition coefficient (Wildman–Crippen LogP) is 3.20. The quantitative estimate of drug-likeness (QED) is 0.536. The molecule has 3 heterocycles. The summed E-state index contributed by atoms with van der Waals surface area (Å²) in [4.78, 5) is 12.9. The topological polar surface area (TPSA) is 38.7 Å². The fourth-order valence-corrected chi connectivity index (χ4v) is 1.54. The third-order valence-corrected chi connectivity index (χ3v) is 2.19. The summed E-state index contributed by atoms with van der Waals surface area (Å²) < 4.78 is 0. The Balaban J connectivity index is 0.000000457. The molecular formula is C13H13N3. The summed E-state index contributed by atoms with van der Waals surface area (Å²) in [6, 6.07) is 7.71. The summed E-state index contributed by atoms with van der Waals surface area (Å²) in [6.45, 7) is 4.00. The molecule has 0 spiro atoms. The van der Waals surface area contributed by atoms with Crippen molar-refractivity contribution < 1.29 is 0 Å². The summed E-state index contributed by atoms with van der Waals surface area (Å²) in [5, 5.41) is 1.03. The van der Waals surface area contributed by atoms with E-state index in [9.17, 15) is 0 Å². The molecule has 0 aromatic carbocycles. The van der Waals surface area contributed by atoms with Crippen molar-refractivity contribution in [3.8, 4) is 0 Å². The van der Waals surface area contributed by atoms with Crippen LogP contribution >= 0.6 is 0 Å². The summed E-state index contributed by atoms with van der Waals surface area (Å²) >= 11 is 0. The fraction of sp³-hybridized carbons (Fsp3) is 0.154. The lowest BCUT2D eigenvalue weighted by atomic mass is 10.2. The van der Waals surface area contributed by atoms with Crippen molar-refractivity contribution in [1.29, 1.82) is 0 Å². The van der Waals surface area contributed by atoms with Gasteiger partial charge in [-0.3, -0.25) is 15.0 Å². The molecule has 0 unspecified atom stereocenters. The van der Waals surface area contributed by atoms with E-state index in [0.29, 0.717) is 0 Å². The molecule has 0 saturated heterocycles. The Morgan fingerprint density at radius 1 is 0.812 bits per heavy atom. The van der Waals surface area contributed by atoms with Crippen LogP contribution in [0, 0.1) is 0 Å². The van der Waals surface area contributed by atoms with Crippen LogP contribution in [0.3, 0.4) is 0 Å². The third kappa shape index (κ3) is 1.72. The van der Waals surface area contributed by atoms with Gasteiger partial charge in [-0.25, -0.2) is 0 Å². The number of nitrogens with zero attached hydrogens (tertiary/aromatic N) is 3. The normalized spacial score (nSPS) is 9.88. The van der Waals surface area contributed by atoms with E-state index in [1.165, 1.54) is 0 Å². The number of hydrogen-bond acceptors (Lipinski definition) is 3. The van der Waals surface area contributed by atoms with Crippen molar-refractivity contribution in [3.63, 3.8) is 0 Å². The largest absolute Gasteiger partial charge is 0.254 e. The number of hydrogen-bond donors (Lipinski definition) is 0. The second kappa shape index (κ2) is 4.66. The molecule has 0 aliphatic carbocycles. The lowest BCUT2D eigenvalue weighted by Gasteiger charge is -1.99. The number of aromatic nitrogens is 3. The highest BCUT2D eigenvalue weighted by Crippen LogP contribution is 2.18. The van der Waals surface area contributed by atoms with Crippen molar-refractivity contribution in [2.45, 2.75) is 13.8 Å². The molecule has 0 radical (unpaired) electrons. The lowest BCUT2D eigenvalue weighted by molar-refractivity contribution is 1.33. The Hall–Kier alpha value is -2.03. The Kier molecular flexibility index (Phi) is 3.05. The lowest BCUT2D eigenvalue weighted by Crippen LogP contribution is -1.86. The molecule has 0 aliphatic rings. The number of rotatable bonds is 0. The van der Waals surface area contributed by atoms with Gasteiger partial charge in [0.25, 0.3) is 0 Å². The molecule has 3 heteroatoms. The zero-order chi connectivity index (χ0) is 11.4. The Morgan fingerprint density at radius 3 is 2.31 bits per heavy atom. The fourth-order valence-electron chi connectivity index (χ4n) is 1.54. The van der Waals surface area contributed by atoms with E-state index < -0.39 is 0 Å². The standard InChI is InChI=1S/C11H7N3.C2H6/c1-3-8-7-14-9-4-2-6-13-11(9)10(8)12-5-1;1-2/h1-7H;1-2H3. The molecule has 0 aliphatic heterocycles. The minimum Gasteiger partial charge on any atom is -0.254 e. The van der Waals surface area contributed by atoms with Crippen LogP contribution in [-0.2, 0) is 0 Å². The molecule has 0 saturated carbocycles. The van der Waals surface area contributed by atoms with E-state index in [0.717, 1.165) is 21.9 Å². The number of pyridine rings is 3. The SMILES string of the molecule is CC.c1cnc2c(c1)cnc1cccnc12. The first-order valence-corrected chi connectivity index (χ1v) is 5.39. The Morgan fingerprint density at radius 2 is 1.50 bits per heavy atom. The van der Waals surface area contributed by atoms with E-state index in [2.05, 4.69) is 15.0 Å². The van der Waals surface area contributed by atoms with Crippen LogP contribution in [0.25, 0.3) is 21.9 Å². The first-order valence-electron chi connectivity index (χ1n) is 5.39. The molecule has 16 heavy (non-hydrogen) atoms. The molecule has 3 aromatic heterocycles. The van der Waals surface area contributed by atoms with Crippen LogP contribution in [0.15, 0.2) is 42.9 Å². The van der Waals surface area contributed by atoms with Gasteiger partial charge in [0.2, 0.25) is 0 Å². The van der Waals surface area contributed by atoms with E-state index in [1.54, 1.807) is 12.4 Å². The van der Waals surface area contributed by atoms with Gasteiger partial charge in [0.15, 0.2) is 0 Å². The monoisotopic (exact) mass is 211 g/mol. The van der Waals surface area contributed by atoms with E-state index >= 15 is 0 Å². The zero-order valence-electron chi connectivity index (χ0n) is 9.38. The summed E-state index contributed by atoms with van der Waals surface area (Å²) in [5.41, 5.74) is 2.67. The van der Waals surface area contributed by atoms with E-state index in [-0.39, 0.29) is 0 Å². The van der Waals surface area contributed by atoms with Crippen LogP contribution in [0.2, 0.25) is 0 Å². The minimum absolute atomic E-state index is 0.866. The van der Waals surface area contributed by atoms with Crippen LogP contribution < -0.4 is 0 Å². The maximum absolute atomic E-state index is 4.31. The second-order valence-electron chi connectivity index (χ2n) is 3.07. The maximum atomic E-state index is 4.31. The summed E-state index contributed by atoms with van der Waals surface area (Å²) in [6.07, 6.45) is 5.36. The first-order chi connectivity index (χ1) is 7.95. The molecule has 0 bridgehead atoms. The molecular weight excluding hydrogens is 198 g/mol. The van der Waals surface area contributed by atoms with Gasteiger partial charge in [0, 0.05) is 24.0 Å². The van der Waals surface area contributed by atoms with Gasteiger partial charge in [-0.15, -0.1) is 0 Å². The van der Waals surface area contributed by atoms with Crippen LogP contribution in [-0.4, -0.2) is 15.0 Å². The van der Waals surface area contributed by atoms with E-state index in [1.807, 2.05) is 44.3 Å². The van der Waals surface area contributed by atoms with Crippen molar-refractivity contribution >= 4 is 21.9 Å². The molecule has 3 aromatic rings.